The van der Waals surface area contributed by atoms with E-state index in [1.54, 1.807) is 7.05 Å². The first kappa shape index (κ1) is 24.6. The van der Waals surface area contributed by atoms with Crippen molar-refractivity contribution in [2.45, 2.75) is 38.3 Å². The monoisotopic (exact) mass is 522 g/mol. The van der Waals surface area contributed by atoms with Gasteiger partial charge in [0.15, 0.2) is 5.96 Å². The maximum Gasteiger partial charge on any atom is 0.191 e. The predicted molar refractivity (Wildman–Crippen MR) is 136 cm³/mol. The lowest BCUT2D eigenvalue weighted by molar-refractivity contribution is 0.174. The van der Waals surface area contributed by atoms with E-state index in [9.17, 15) is 5.11 Å². The van der Waals surface area contributed by atoms with E-state index < -0.39 is 0 Å². The molecule has 30 heavy (non-hydrogen) atoms. The lowest BCUT2D eigenvalue weighted by Crippen LogP contribution is -2.48. The Hall–Kier alpha value is -1.64. The van der Waals surface area contributed by atoms with Gasteiger partial charge in [0.1, 0.15) is 0 Å². The molecule has 0 fully saturated rings. The smallest absolute Gasteiger partial charge is 0.191 e. The molecule has 0 aliphatic carbocycles. The molecular weight excluding hydrogens is 487 g/mol. The zero-order chi connectivity index (χ0) is 20.5. The third-order valence-electron chi connectivity index (χ3n) is 5.88. The Balaban J connectivity index is 0.00000320. The minimum atomic E-state index is 0. The number of hydrogen-bond acceptors (Lipinski definition) is 3. The lowest BCUT2D eigenvalue weighted by atomic mass is 9.98. The second-order valence-corrected chi connectivity index (χ2v) is 7.68. The van der Waals surface area contributed by atoms with E-state index in [4.69, 9.17) is 0 Å². The van der Waals surface area contributed by atoms with E-state index in [1.807, 2.05) is 18.2 Å². The van der Waals surface area contributed by atoms with Crippen molar-refractivity contribution >= 4 is 29.9 Å². The number of nitrogens with one attached hydrogen (secondary N) is 2. The molecule has 0 saturated heterocycles. The van der Waals surface area contributed by atoms with E-state index in [-0.39, 0.29) is 36.5 Å². The number of nitrogens with zero attached hydrogens (tertiary/aromatic N) is 2. The van der Waals surface area contributed by atoms with E-state index in [1.165, 1.54) is 11.1 Å². The standard InChI is InChI=1S/C24H34N4O.HI/c1-3-23(28-14-13-20-11-7-8-12-21(20)17-28)16-27-24(25-2)26-15-22(18-29)19-9-5-4-6-10-19;/h4-12,22-23,29H,3,13-18H2,1-2H3,(H2,25,26,27);1H. The van der Waals surface area contributed by atoms with Crippen LogP contribution in [-0.2, 0) is 13.0 Å². The number of aliphatic hydroxyl groups is 1. The SMILES string of the molecule is CCC(CNC(=NC)NCC(CO)c1ccccc1)N1CCc2ccccc2C1.I. The summed E-state index contributed by atoms with van der Waals surface area (Å²) in [5.41, 5.74) is 4.07. The van der Waals surface area contributed by atoms with Crippen molar-refractivity contribution in [1.29, 1.82) is 0 Å². The van der Waals surface area contributed by atoms with E-state index in [2.05, 4.69) is 63.8 Å². The molecular formula is C24H35IN4O. The molecule has 0 spiro atoms. The molecule has 0 radical (unpaired) electrons. The molecule has 2 unspecified atom stereocenters. The summed E-state index contributed by atoms with van der Waals surface area (Å²) in [5, 5.41) is 16.6. The summed E-state index contributed by atoms with van der Waals surface area (Å²) in [6.45, 7) is 5.98. The molecule has 5 nitrogen and oxygen atoms in total. The predicted octanol–water partition coefficient (Wildman–Crippen LogP) is 3.38. The number of aliphatic hydroxyl groups excluding tert-OH is 1. The maximum absolute atomic E-state index is 9.76. The van der Waals surface area contributed by atoms with Gasteiger partial charge in [-0.1, -0.05) is 61.5 Å². The third-order valence-corrected chi connectivity index (χ3v) is 5.88. The molecule has 1 heterocycles. The Morgan fingerprint density at radius 3 is 2.37 bits per heavy atom. The van der Waals surface area contributed by atoms with Gasteiger partial charge in [0.25, 0.3) is 0 Å². The molecule has 3 N–H and O–H groups in total. The van der Waals surface area contributed by atoms with Crippen LogP contribution in [0, 0.1) is 0 Å². The Bertz CT molecular complexity index is 784. The van der Waals surface area contributed by atoms with Gasteiger partial charge in [-0.05, 0) is 29.5 Å². The molecule has 3 rings (SSSR count). The van der Waals surface area contributed by atoms with Crippen molar-refractivity contribution in [1.82, 2.24) is 15.5 Å². The highest BCUT2D eigenvalue weighted by atomic mass is 127. The molecule has 0 amide bonds. The average Bonchev–Trinajstić information content (AvgIpc) is 2.79. The Labute approximate surface area is 198 Å². The van der Waals surface area contributed by atoms with Gasteiger partial charge in [0.2, 0.25) is 0 Å². The van der Waals surface area contributed by atoms with Gasteiger partial charge >= 0.3 is 0 Å². The van der Waals surface area contributed by atoms with Crippen LogP contribution in [0.2, 0.25) is 0 Å². The number of halogens is 1. The molecule has 0 saturated carbocycles. The highest BCUT2D eigenvalue weighted by Crippen LogP contribution is 2.21. The van der Waals surface area contributed by atoms with Crippen LogP contribution in [0.4, 0.5) is 0 Å². The number of benzene rings is 2. The summed E-state index contributed by atoms with van der Waals surface area (Å²) < 4.78 is 0. The zero-order valence-corrected chi connectivity index (χ0v) is 20.4. The summed E-state index contributed by atoms with van der Waals surface area (Å²) in [4.78, 5) is 6.94. The molecule has 0 bridgehead atoms. The molecule has 6 heteroatoms. The van der Waals surface area contributed by atoms with E-state index in [0.717, 1.165) is 44.0 Å². The van der Waals surface area contributed by atoms with E-state index >= 15 is 0 Å². The fraction of sp³-hybridized carbons (Fsp3) is 0.458. The summed E-state index contributed by atoms with van der Waals surface area (Å²) in [6.07, 6.45) is 2.21. The number of rotatable bonds is 8. The molecule has 164 valence electrons. The Morgan fingerprint density at radius 1 is 1.03 bits per heavy atom. The topological polar surface area (TPSA) is 59.9 Å². The minimum absolute atomic E-state index is 0. The van der Waals surface area contributed by atoms with Gasteiger partial charge in [0, 0.05) is 45.2 Å². The molecule has 0 aromatic heterocycles. The van der Waals surface area contributed by atoms with Crippen LogP contribution in [0.5, 0.6) is 0 Å². The Morgan fingerprint density at radius 2 is 1.70 bits per heavy atom. The van der Waals surface area contributed by atoms with Crippen molar-refractivity contribution < 1.29 is 5.11 Å². The fourth-order valence-electron chi connectivity index (χ4n) is 4.03. The van der Waals surface area contributed by atoms with Crippen molar-refractivity contribution in [2.24, 2.45) is 4.99 Å². The lowest BCUT2D eigenvalue weighted by Gasteiger charge is -2.35. The molecule has 2 aromatic carbocycles. The van der Waals surface area contributed by atoms with Crippen molar-refractivity contribution in [2.75, 3.05) is 33.3 Å². The van der Waals surface area contributed by atoms with Crippen LogP contribution in [0.15, 0.2) is 59.6 Å². The molecule has 1 aliphatic heterocycles. The van der Waals surface area contributed by atoms with Crippen LogP contribution in [0.3, 0.4) is 0 Å². The quantitative estimate of drug-likeness (QED) is 0.283. The first-order chi connectivity index (χ1) is 14.2. The number of aliphatic imine (C=N–C) groups is 1. The number of fused-ring (bicyclic) bond motifs is 1. The summed E-state index contributed by atoms with van der Waals surface area (Å²) in [7, 11) is 1.80. The minimum Gasteiger partial charge on any atom is -0.396 e. The average molecular weight is 522 g/mol. The van der Waals surface area contributed by atoms with Gasteiger partial charge < -0.3 is 15.7 Å². The van der Waals surface area contributed by atoms with Gasteiger partial charge in [-0.2, -0.15) is 0 Å². The van der Waals surface area contributed by atoms with Gasteiger partial charge in [-0.15, -0.1) is 24.0 Å². The third kappa shape index (κ3) is 6.68. The maximum atomic E-state index is 9.76. The number of hydrogen-bond donors (Lipinski definition) is 3. The van der Waals surface area contributed by atoms with Gasteiger partial charge in [-0.3, -0.25) is 9.89 Å². The first-order valence-corrected chi connectivity index (χ1v) is 10.7. The van der Waals surface area contributed by atoms with Gasteiger partial charge in [0.05, 0.1) is 6.61 Å². The molecule has 2 atom stereocenters. The van der Waals surface area contributed by atoms with Gasteiger partial charge in [-0.25, -0.2) is 0 Å². The van der Waals surface area contributed by atoms with Crippen LogP contribution >= 0.6 is 24.0 Å². The largest absolute Gasteiger partial charge is 0.396 e. The highest BCUT2D eigenvalue weighted by Gasteiger charge is 2.22. The second kappa shape index (κ2) is 12.9. The summed E-state index contributed by atoms with van der Waals surface area (Å²) >= 11 is 0. The summed E-state index contributed by atoms with van der Waals surface area (Å²) in [6, 6.07) is 19.4. The Kier molecular flexibility index (Phi) is 10.6. The van der Waals surface area contributed by atoms with Crippen molar-refractivity contribution in [3.05, 3.63) is 71.3 Å². The molecule has 2 aromatic rings. The first-order valence-electron chi connectivity index (χ1n) is 10.7. The highest BCUT2D eigenvalue weighted by molar-refractivity contribution is 14.0. The van der Waals surface area contributed by atoms with Crippen LogP contribution < -0.4 is 10.6 Å². The van der Waals surface area contributed by atoms with Crippen LogP contribution in [0.25, 0.3) is 0 Å². The van der Waals surface area contributed by atoms with Crippen molar-refractivity contribution in [3.8, 4) is 0 Å². The van der Waals surface area contributed by atoms with Crippen molar-refractivity contribution in [3.63, 3.8) is 0 Å². The molecule has 1 aliphatic rings. The second-order valence-electron chi connectivity index (χ2n) is 7.68. The van der Waals surface area contributed by atoms with E-state index in [0.29, 0.717) is 12.6 Å². The zero-order valence-electron chi connectivity index (χ0n) is 18.1. The summed E-state index contributed by atoms with van der Waals surface area (Å²) in [5.74, 6) is 0.838. The van der Waals surface area contributed by atoms with Crippen LogP contribution in [-0.4, -0.2) is 55.3 Å². The number of guanidine groups is 1. The fourth-order valence-corrected chi connectivity index (χ4v) is 4.03. The normalized spacial score (nSPS) is 16.2. The van der Waals surface area contributed by atoms with Crippen LogP contribution in [0.1, 0.15) is 36.0 Å².